The monoisotopic (exact) mass is 276 g/mol. The van der Waals surface area contributed by atoms with Crippen LogP contribution in [0.5, 0.6) is 0 Å². The fourth-order valence-corrected chi connectivity index (χ4v) is 2.27. The highest BCUT2D eigenvalue weighted by atomic mass is 19.4. The Hall–Kier alpha value is -1.50. The van der Waals surface area contributed by atoms with Gasteiger partial charge in [0.2, 0.25) is 0 Å². The minimum atomic E-state index is -4.35. The number of hydrogen-bond donors (Lipinski definition) is 1. The van der Waals surface area contributed by atoms with Gasteiger partial charge in [-0.15, -0.1) is 0 Å². The molecule has 1 saturated heterocycles. The summed E-state index contributed by atoms with van der Waals surface area (Å²) in [4.78, 5) is 13.6. The third-order valence-electron chi connectivity index (χ3n) is 3.23. The number of likely N-dealkylation sites (tertiary alicyclic amines) is 1. The van der Waals surface area contributed by atoms with E-state index in [9.17, 15) is 18.0 Å². The van der Waals surface area contributed by atoms with E-state index in [2.05, 4.69) is 0 Å². The third-order valence-corrected chi connectivity index (χ3v) is 3.23. The molecule has 1 unspecified atom stereocenters. The molecule has 106 valence electrons. The number of carbonyl (C=O) groups excluding carboxylic acids is 1. The van der Waals surface area contributed by atoms with Crippen LogP contribution in [0.1, 0.15) is 16.9 Å². The Morgan fingerprint density at radius 3 is 2.79 bits per heavy atom. The van der Waals surface area contributed by atoms with Gasteiger partial charge in [-0.1, -0.05) is 0 Å². The van der Waals surface area contributed by atoms with Gasteiger partial charge in [0.05, 0.1) is 0 Å². The van der Waals surface area contributed by atoms with Crippen LogP contribution >= 0.6 is 0 Å². The molecule has 0 saturated carbocycles. The minimum Gasteiger partial charge on any atom is -0.396 e. The molecule has 4 nitrogen and oxygen atoms in total. The first-order valence-corrected chi connectivity index (χ1v) is 6.03. The topological polar surface area (TPSA) is 45.5 Å². The van der Waals surface area contributed by atoms with Gasteiger partial charge in [0.15, 0.2) is 0 Å². The molecule has 7 heteroatoms. The van der Waals surface area contributed by atoms with Crippen molar-refractivity contribution >= 4 is 5.91 Å². The molecule has 2 heterocycles. The maximum absolute atomic E-state index is 12.4. The van der Waals surface area contributed by atoms with Gasteiger partial charge in [-0.05, 0) is 18.6 Å². The van der Waals surface area contributed by atoms with Crippen molar-refractivity contribution in [2.24, 2.45) is 5.92 Å². The van der Waals surface area contributed by atoms with Crippen LogP contribution < -0.4 is 0 Å². The van der Waals surface area contributed by atoms with E-state index in [0.29, 0.717) is 19.5 Å². The third kappa shape index (κ3) is 3.28. The smallest absolute Gasteiger partial charge is 0.396 e. The molecule has 1 amide bonds. The molecule has 1 aliphatic rings. The van der Waals surface area contributed by atoms with Crippen molar-refractivity contribution in [3.63, 3.8) is 0 Å². The summed E-state index contributed by atoms with van der Waals surface area (Å²) in [6, 6.07) is 2.82. The summed E-state index contributed by atoms with van der Waals surface area (Å²) in [5.41, 5.74) is 0.0379. The highest BCUT2D eigenvalue weighted by Crippen LogP contribution is 2.22. The summed E-state index contributed by atoms with van der Waals surface area (Å²) in [5, 5.41) is 9.01. The summed E-state index contributed by atoms with van der Waals surface area (Å²) in [5.74, 6) is -0.389. The van der Waals surface area contributed by atoms with Crippen LogP contribution in [0.3, 0.4) is 0 Å². The number of alkyl halides is 3. The van der Waals surface area contributed by atoms with Crippen molar-refractivity contribution in [1.29, 1.82) is 0 Å². The first-order valence-electron chi connectivity index (χ1n) is 6.03. The van der Waals surface area contributed by atoms with E-state index in [1.807, 2.05) is 0 Å². The van der Waals surface area contributed by atoms with Crippen LogP contribution in [-0.4, -0.2) is 46.4 Å². The van der Waals surface area contributed by atoms with Gasteiger partial charge in [-0.2, -0.15) is 13.2 Å². The fourth-order valence-electron chi connectivity index (χ4n) is 2.27. The number of nitrogens with zero attached hydrogens (tertiary/aromatic N) is 2. The summed E-state index contributed by atoms with van der Waals surface area (Å²) in [6.45, 7) is -0.306. The lowest BCUT2D eigenvalue weighted by Crippen LogP contribution is -2.32. The molecule has 0 spiro atoms. The first kappa shape index (κ1) is 13.9. The summed E-state index contributed by atoms with van der Waals surface area (Å²) in [7, 11) is 0. The van der Waals surface area contributed by atoms with Crippen LogP contribution in [0.25, 0.3) is 0 Å². The second kappa shape index (κ2) is 5.24. The van der Waals surface area contributed by atoms with Crippen molar-refractivity contribution in [3.05, 3.63) is 24.0 Å². The van der Waals surface area contributed by atoms with Gasteiger partial charge < -0.3 is 14.6 Å². The Kier molecular flexibility index (Phi) is 3.84. The minimum absolute atomic E-state index is 0.00660. The van der Waals surface area contributed by atoms with Gasteiger partial charge in [-0.25, -0.2) is 0 Å². The second-order valence-corrected chi connectivity index (χ2v) is 4.72. The van der Waals surface area contributed by atoms with E-state index in [1.54, 1.807) is 0 Å². The van der Waals surface area contributed by atoms with Crippen LogP contribution in [0.4, 0.5) is 13.2 Å². The van der Waals surface area contributed by atoms with Crippen LogP contribution in [-0.2, 0) is 6.54 Å². The quantitative estimate of drug-likeness (QED) is 0.909. The molecule has 1 N–H and O–H groups in total. The molecule has 1 aromatic rings. The molecule has 1 aromatic heterocycles. The van der Waals surface area contributed by atoms with Gasteiger partial charge in [0.1, 0.15) is 12.2 Å². The Labute approximate surface area is 108 Å². The van der Waals surface area contributed by atoms with Gasteiger partial charge >= 0.3 is 6.18 Å². The Balaban J connectivity index is 2.10. The SMILES string of the molecule is O=C(c1cccn1CC(F)(F)F)N1CCC(CO)C1. The Bertz CT molecular complexity index is 456. The molecule has 0 aliphatic carbocycles. The highest BCUT2D eigenvalue weighted by Gasteiger charge is 2.32. The lowest BCUT2D eigenvalue weighted by atomic mass is 10.1. The maximum atomic E-state index is 12.4. The molecule has 0 radical (unpaired) electrons. The van der Waals surface area contributed by atoms with Crippen molar-refractivity contribution in [3.8, 4) is 0 Å². The Morgan fingerprint density at radius 1 is 1.47 bits per heavy atom. The summed E-state index contributed by atoms with van der Waals surface area (Å²) < 4.78 is 38.0. The molecular weight excluding hydrogens is 261 g/mol. The average molecular weight is 276 g/mol. The number of aliphatic hydroxyl groups excluding tert-OH is 1. The predicted octanol–water partition coefficient (Wildman–Crippen LogP) is 1.50. The molecule has 1 fully saturated rings. The van der Waals surface area contributed by atoms with E-state index >= 15 is 0 Å². The van der Waals surface area contributed by atoms with Crippen LogP contribution in [0.15, 0.2) is 18.3 Å². The molecule has 1 atom stereocenters. The van der Waals surface area contributed by atoms with E-state index in [1.165, 1.54) is 23.2 Å². The van der Waals surface area contributed by atoms with Crippen LogP contribution in [0.2, 0.25) is 0 Å². The average Bonchev–Trinajstić information content (AvgIpc) is 2.94. The zero-order chi connectivity index (χ0) is 14.0. The van der Waals surface area contributed by atoms with Crippen molar-refractivity contribution < 1.29 is 23.1 Å². The second-order valence-electron chi connectivity index (χ2n) is 4.72. The van der Waals surface area contributed by atoms with Gasteiger partial charge in [-0.3, -0.25) is 4.79 Å². The summed E-state index contributed by atoms with van der Waals surface area (Å²) in [6.07, 6.45) is -2.42. The predicted molar refractivity (Wildman–Crippen MR) is 61.6 cm³/mol. The summed E-state index contributed by atoms with van der Waals surface area (Å²) >= 11 is 0. The molecule has 19 heavy (non-hydrogen) atoms. The molecule has 2 rings (SSSR count). The van der Waals surface area contributed by atoms with Gasteiger partial charge in [0.25, 0.3) is 5.91 Å². The maximum Gasteiger partial charge on any atom is 0.406 e. The van der Waals surface area contributed by atoms with Crippen molar-refractivity contribution in [2.45, 2.75) is 19.1 Å². The van der Waals surface area contributed by atoms with E-state index < -0.39 is 18.6 Å². The molecule has 1 aliphatic heterocycles. The number of carbonyl (C=O) groups is 1. The number of aliphatic hydroxyl groups is 1. The molecule has 0 bridgehead atoms. The van der Waals surface area contributed by atoms with E-state index in [-0.39, 0.29) is 18.2 Å². The highest BCUT2D eigenvalue weighted by molar-refractivity contribution is 5.93. The standard InChI is InChI=1S/C12H15F3N2O2/c13-12(14,15)8-17-4-1-2-10(17)11(19)16-5-3-9(6-16)7-18/h1-2,4,9,18H,3,5-8H2. The van der Waals surface area contributed by atoms with E-state index in [0.717, 1.165) is 4.57 Å². The number of aromatic nitrogens is 1. The van der Waals surface area contributed by atoms with Crippen LogP contribution in [0, 0.1) is 5.92 Å². The largest absolute Gasteiger partial charge is 0.406 e. The zero-order valence-electron chi connectivity index (χ0n) is 10.2. The first-order chi connectivity index (χ1) is 8.90. The number of hydrogen-bond acceptors (Lipinski definition) is 2. The lowest BCUT2D eigenvalue weighted by Gasteiger charge is -2.18. The normalized spacial score (nSPS) is 20.0. The zero-order valence-corrected chi connectivity index (χ0v) is 10.2. The van der Waals surface area contributed by atoms with Crippen molar-refractivity contribution in [1.82, 2.24) is 9.47 Å². The van der Waals surface area contributed by atoms with Gasteiger partial charge in [0, 0.05) is 31.8 Å². The Morgan fingerprint density at radius 2 is 2.21 bits per heavy atom. The van der Waals surface area contributed by atoms with E-state index in [4.69, 9.17) is 5.11 Å². The fraction of sp³-hybridized carbons (Fsp3) is 0.583. The number of rotatable bonds is 3. The lowest BCUT2D eigenvalue weighted by molar-refractivity contribution is -0.140. The number of halogens is 3. The van der Waals surface area contributed by atoms with Crippen molar-refractivity contribution in [2.75, 3.05) is 19.7 Å². The molecule has 0 aromatic carbocycles. The number of amides is 1. The molecular formula is C12H15F3N2O2.